The van der Waals surface area contributed by atoms with Crippen molar-refractivity contribution in [2.75, 3.05) is 17.3 Å². The van der Waals surface area contributed by atoms with Gasteiger partial charge in [0.05, 0.1) is 0 Å². The third-order valence-electron chi connectivity index (χ3n) is 3.38. The van der Waals surface area contributed by atoms with E-state index in [1.807, 2.05) is 0 Å². The summed E-state index contributed by atoms with van der Waals surface area (Å²) >= 11 is 0. The molecule has 1 fully saturated rings. The Hall–Kier alpha value is -0.400. The SMILES string of the molecule is C/C(C[S+]1CCCC1)=C(\C)c1ccccc1.[Cl-]. The van der Waals surface area contributed by atoms with E-state index >= 15 is 0 Å². The molecular weight excluding hydrogens is 248 g/mol. The van der Waals surface area contributed by atoms with Crippen molar-refractivity contribution >= 4 is 16.5 Å². The fourth-order valence-corrected chi connectivity index (χ4v) is 4.75. The smallest absolute Gasteiger partial charge is 0.129 e. The maximum Gasteiger partial charge on any atom is 0.129 e. The van der Waals surface area contributed by atoms with Gasteiger partial charge in [-0.25, -0.2) is 0 Å². The van der Waals surface area contributed by atoms with Gasteiger partial charge in [0.1, 0.15) is 17.3 Å². The molecule has 0 bridgehead atoms. The van der Waals surface area contributed by atoms with Crippen molar-refractivity contribution in [3.63, 3.8) is 0 Å². The van der Waals surface area contributed by atoms with E-state index in [1.54, 1.807) is 5.57 Å². The molecule has 1 heterocycles. The summed E-state index contributed by atoms with van der Waals surface area (Å²) in [5, 5.41) is 0. The third kappa shape index (κ3) is 4.08. The lowest BCUT2D eigenvalue weighted by atomic mass is 10.0. The first kappa shape index (κ1) is 14.7. The van der Waals surface area contributed by atoms with Crippen molar-refractivity contribution in [3.8, 4) is 0 Å². The molecule has 0 radical (unpaired) electrons. The van der Waals surface area contributed by atoms with Gasteiger partial charge in [-0.1, -0.05) is 30.3 Å². The van der Waals surface area contributed by atoms with E-state index in [-0.39, 0.29) is 12.4 Å². The van der Waals surface area contributed by atoms with Crippen LogP contribution in [0.15, 0.2) is 35.9 Å². The molecule has 0 aromatic heterocycles. The summed E-state index contributed by atoms with van der Waals surface area (Å²) < 4.78 is 0. The molecule has 0 aliphatic carbocycles. The molecule has 94 valence electrons. The van der Waals surface area contributed by atoms with E-state index in [2.05, 4.69) is 44.2 Å². The molecular formula is C15H21ClS. The number of benzene rings is 1. The standard InChI is InChI=1S/C15H21S.ClH/c1-13(12-16-10-6-7-11-16)14(2)15-8-4-3-5-9-15;/h3-5,8-9H,6-7,10-12H2,1-2H3;1H/q+1;/p-1/b14-13-;. The van der Waals surface area contributed by atoms with Crippen molar-refractivity contribution in [2.24, 2.45) is 0 Å². The van der Waals surface area contributed by atoms with E-state index in [4.69, 9.17) is 0 Å². The molecule has 17 heavy (non-hydrogen) atoms. The largest absolute Gasteiger partial charge is 1.00 e. The monoisotopic (exact) mass is 268 g/mol. The molecule has 1 aliphatic rings. The Kier molecular flexibility index (Phi) is 6.15. The van der Waals surface area contributed by atoms with Crippen molar-refractivity contribution in [3.05, 3.63) is 41.5 Å². The highest BCUT2D eigenvalue weighted by Gasteiger charge is 2.24. The van der Waals surface area contributed by atoms with Crippen molar-refractivity contribution in [1.29, 1.82) is 0 Å². The normalized spacial score (nSPS) is 17.5. The second-order valence-corrected chi connectivity index (χ2v) is 6.97. The summed E-state index contributed by atoms with van der Waals surface area (Å²) in [4.78, 5) is 0. The molecule has 0 saturated carbocycles. The molecule has 1 aromatic rings. The van der Waals surface area contributed by atoms with Gasteiger partial charge >= 0.3 is 0 Å². The molecule has 0 spiro atoms. The van der Waals surface area contributed by atoms with Gasteiger partial charge in [0.25, 0.3) is 0 Å². The average molecular weight is 269 g/mol. The zero-order chi connectivity index (χ0) is 11.4. The van der Waals surface area contributed by atoms with Crippen LogP contribution in [0.25, 0.3) is 5.57 Å². The van der Waals surface area contributed by atoms with Gasteiger partial charge < -0.3 is 12.4 Å². The number of hydrogen-bond acceptors (Lipinski definition) is 0. The first-order chi connectivity index (χ1) is 7.77. The van der Waals surface area contributed by atoms with E-state index in [0.717, 1.165) is 0 Å². The van der Waals surface area contributed by atoms with Crippen molar-refractivity contribution in [2.45, 2.75) is 26.7 Å². The lowest BCUT2D eigenvalue weighted by molar-refractivity contribution is -0.00000339. The average Bonchev–Trinajstić information content (AvgIpc) is 2.82. The number of allylic oxidation sites excluding steroid dienone is 1. The first-order valence-electron chi connectivity index (χ1n) is 6.13. The molecule has 1 saturated heterocycles. The van der Waals surface area contributed by atoms with Gasteiger partial charge in [0, 0.05) is 0 Å². The van der Waals surface area contributed by atoms with Gasteiger partial charge in [-0.2, -0.15) is 0 Å². The van der Waals surface area contributed by atoms with Crippen LogP contribution in [0.3, 0.4) is 0 Å². The Bertz CT molecular complexity index is 364. The van der Waals surface area contributed by atoms with Crippen molar-refractivity contribution in [1.82, 2.24) is 0 Å². The Morgan fingerprint density at radius 3 is 2.24 bits per heavy atom. The summed E-state index contributed by atoms with van der Waals surface area (Å²) in [6.45, 7) is 4.58. The summed E-state index contributed by atoms with van der Waals surface area (Å²) in [5.74, 6) is 4.28. The van der Waals surface area contributed by atoms with Gasteiger partial charge in [-0.05, 0) is 54.3 Å². The van der Waals surface area contributed by atoms with Crippen LogP contribution >= 0.6 is 0 Å². The van der Waals surface area contributed by atoms with E-state index in [1.165, 1.54) is 41.2 Å². The van der Waals surface area contributed by atoms with Gasteiger partial charge in [-0.3, -0.25) is 0 Å². The number of rotatable bonds is 3. The van der Waals surface area contributed by atoms with Crippen LogP contribution in [0.5, 0.6) is 0 Å². The maximum absolute atomic E-state index is 2.31. The first-order valence-corrected chi connectivity index (χ1v) is 7.86. The molecule has 2 rings (SSSR count). The van der Waals surface area contributed by atoms with Crippen LogP contribution < -0.4 is 12.4 Å². The van der Waals surface area contributed by atoms with E-state index < -0.39 is 0 Å². The second-order valence-electron chi connectivity index (χ2n) is 4.64. The van der Waals surface area contributed by atoms with Gasteiger partial charge in [-0.15, -0.1) is 0 Å². The number of halogens is 1. The predicted molar refractivity (Wildman–Crippen MR) is 75.9 cm³/mol. The summed E-state index contributed by atoms with van der Waals surface area (Å²) in [5.41, 5.74) is 4.47. The second kappa shape index (κ2) is 7.13. The number of hydrogen-bond donors (Lipinski definition) is 0. The molecule has 0 atom stereocenters. The minimum Gasteiger partial charge on any atom is -1.00 e. The molecule has 0 unspecified atom stereocenters. The highest BCUT2D eigenvalue weighted by molar-refractivity contribution is 7.97. The van der Waals surface area contributed by atoms with Crippen molar-refractivity contribution < 1.29 is 12.4 Å². The highest BCUT2D eigenvalue weighted by atomic mass is 35.5. The zero-order valence-corrected chi connectivity index (χ0v) is 12.3. The van der Waals surface area contributed by atoms with Crippen LogP contribution in [0.4, 0.5) is 0 Å². The molecule has 2 heteroatoms. The predicted octanol–water partition coefficient (Wildman–Crippen LogP) is 0.896. The third-order valence-corrected chi connectivity index (χ3v) is 5.96. The Labute approximate surface area is 114 Å². The summed E-state index contributed by atoms with van der Waals surface area (Å²) in [6.07, 6.45) is 2.92. The molecule has 0 N–H and O–H groups in total. The van der Waals surface area contributed by atoms with Crippen LogP contribution in [0.1, 0.15) is 32.3 Å². The van der Waals surface area contributed by atoms with Gasteiger partial charge in [0.15, 0.2) is 0 Å². The van der Waals surface area contributed by atoms with Gasteiger partial charge in [0.2, 0.25) is 0 Å². The minimum atomic E-state index is 0. The lowest BCUT2D eigenvalue weighted by Crippen LogP contribution is -3.00. The highest BCUT2D eigenvalue weighted by Crippen LogP contribution is 2.22. The Balaban J connectivity index is 0.00000144. The fraction of sp³-hybridized carbons (Fsp3) is 0.467. The minimum absolute atomic E-state index is 0. The van der Waals surface area contributed by atoms with E-state index in [9.17, 15) is 0 Å². The molecule has 0 nitrogen and oxygen atoms in total. The van der Waals surface area contributed by atoms with Crippen LogP contribution in [-0.2, 0) is 10.9 Å². The quantitative estimate of drug-likeness (QED) is 0.715. The summed E-state index contributed by atoms with van der Waals surface area (Å²) in [6, 6.07) is 10.8. The Morgan fingerprint density at radius 2 is 1.65 bits per heavy atom. The fourth-order valence-electron chi connectivity index (χ4n) is 2.21. The van der Waals surface area contributed by atoms with Crippen LogP contribution in [-0.4, -0.2) is 17.3 Å². The molecule has 1 aromatic carbocycles. The molecule has 1 aliphatic heterocycles. The maximum atomic E-state index is 2.31. The van der Waals surface area contributed by atoms with Crippen LogP contribution in [0.2, 0.25) is 0 Å². The van der Waals surface area contributed by atoms with Crippen LogP contribution in [0, 0.1) is 0 Å². The van der Waals surface area contributed by atoms with E-state index in [0.29, 0.717) is 10.9 Å². The molecule has 0 amide bonds. The topological polar surface area (TPSA) is 0 Å². The summed E-state index contributed by atoms with van der Waals surface area (Å²) in [7, 11) is 0.690. The zero-order valence-electron chi connectivity index (χ0n) is 10.7. The Morgan fingerprint density at radius 1 is 1.06 bits per heavy atom. The lowest BCUT2D eigenvalue weighted by Gasteiger charge is -2.07.